The summed E-state index contributed by atoms with van der Waals surface area (Å²) in [7, 11) is -3.43. The molecule has 0 amide bonds. The van der Waals surface area contributed by atoms with E-state index in [2.05, 4.69) is 6.58 Å². The fourth-order valence-corrected chi connectivity index (χ4v) is 5.77. The molecule has 3 aliphatic heterocycles. The maximum absolute atomic E-state index is 12.1. The van der Waals surface area contributed by atoms with Crippen molar-refractivity contribution in [3.05, 3.63) is 12.2 Å². The Labute approximate surface area is 104 Å². The van der Waals surface area contributed by atoms with Gasteiger partial charge in [0.15, 0.2) is 22.0 Å². The highest BCUT2D eigenvalue weighted by Gasteiger charge is 2.72. The number of esters is 2. The molecule has 3 rings (SSSR count). The molecule has 18 heavy (non-hydrogen) atoms. The van der Waals surface area contributed by atoms with Gasteiger partial charge in [-0.1, -0.05) is 6.58 Å². The number of carbonyl (C=O) groups is 2. The van der Waals surface area contributed by atoms with Crippen LogP contribution in [0.5, 0.6) is 0 Å². The predicted molar refractivity (Wildman–Crippen MR) is 59.2 cm³/mol. The van der Waals surface area contributed by atoms with Gasteiger partial charge in [0.05, 0.1) is 5.92 Å². The van der Waals surface area contributed by atoms with Crippen molar-refractivity contribution < 1.29 is 27.5 Å². The van der Waals surface area contributed by atoms with E-state index < -0.39 is 50.4 Å². The molecule has 0 aromatic rings. The maximum atomic E-state index is 12.1. The van der Waals surface area contributed by atoms with Crippen molar-refractivity contribution >= 4 is 21.8 Å². The topological polar surface area (TPSA) is 86.7 Å². The van der Waals surface area contributed by atoms with E-state index in [1.165, 1.54) is 6.92 Å². The number of rotatable bonds is 2. The first-order valence-corrected chi connectivity index (χ1v) is 7.24. The normalized spacial score (nSPS) is 42.7. The van der Waals surface area contributed by atoms with Gasteiger partial charge in [-0.15, -0.1) is 0 Å². The zero-order valence-electron chi connectivity index (χ0n) is 9.66. The van der Waals surface area contributed by atoms with Gasteiger partial charge in [-0.3, -0.25) is 4.79 Å². The van der Waals surface area contributed by atoms with E-state index in [0.717, 1.165) is 0 Å². The quantitative estimate of drug-likeness (QED) is 0.501. The molecule has 0 spiro atoms. The first kappa shape index (κ1) is 11.7. The number of carbonyl (C=O) groups excluding carboxylic acids is 2. The first-order chi connectivity index (χ1) is 8.34. The van der Waals surface area contributed by atoms with E-state index in [-0.39, 0.29) is 12.0 Å². The molecular formula is C11H12O6S. The molecular weight excluding hydrogens is 260 g/mol. The summed E-state index contributed by atoms with van der Waals surface area (Å²) in [4.78, 5) is 23.0. The van der Waals surface area contributed by atoms with Crippen LogP contribution in [0.2, 0.25) is 0 Å². The summed E-state index contributed by atoms with van der Waals surface area (Å²) in [5.41, 5.74) is 0.191. The van der Waals surface area contributed by atoms with Crippen molar-refractivity contribution in [2.24, 2.45) is 5.92 Å². The summed E-state index contributed by atoms with van der Waals surface area (Å²) >= 11 is 0. The monoisotopic (exact) mass is 272 g/mol. The second kappa shape index (κ2) is 3.34. The van der Waals surface area contributed by atoms with Crippen molar-refractivity contribution in [1.29, 1.82) is 0 Å². The Morgan fingerprint density at radius 2 is 2.17 bits per heavy atom. The smallest absolute Gasteiger partial charge is 0.333 e. The fraction of sp³-hybridized carbons (Fsp3) is 0.636. The highest BCUT2D eigenvalue weighted by Crippen LogP contribution is 2.51. The molecule has 0 aliphatic carbocycles. The molecule has 98 valence electrons. The average molecular weight is 272 g/mol. The molecule has 2 bridgehead atoms. The van der Waals surface area contributed by atoms with E-state index in [9.17, 15) is 18.0 Å². The SMILES string of the molecule is C=C(C)C(=O)OC1C2OC(=O)C3CC1S(=O)(=O)C32. The molecule has 0 N–H and O–H groups in total. The molecule has 7 heteroatoms. The van der Waals surface area contributed by atoms with Gasteiger partial charge in [0, 0.05) is 5.57 Å². The fourth-order valence-electron chi connectivity index (χ4n) is 3.04. The van der Waals surface area contributed by atoms with Crippen LogP contribution in [0.25, 0.3) is 0 Å². The largest absolute Gasteiger partial charge is 0.457 e. The lowest BCUT2D eigenvalue weighted by Crippen LogP contribution is -2.40. The molecule has 0 aromatic carbocycles. The van der Waals surface area contributed by atoms with Crippen molar-refractivity contribution in [1.82, 2.24) is 0 Å². The average Bonchev–Trinajstić information content (AvgIpc) is 2.75. The number of ether oxygens (including phenoxy) is 2. The van der Waals surface area contributed by atoms with Crippen molar-refractivity contribution in [2.75, 3.05) is 0 Å². The molecule has 5 unspecified atom stereocenters. The second-order valence-electron chi connectivity index (χ2n) is 4.99. The van der Waals surface area contributed by atoms with Gasteiger partial charge >= 0.3 is 11.9 Å². The Balaban J connectivity index is 1.94. The third-order valence-electron chi connectivity index (χ3n) is 3.84. The lowest BCUT2D eigenvalue weighted by atomic mass is 9.88. The number of hydrogen-bond acceptors (Lipinski definition) is 6. The van der Waals surface area contributed by atoms with Crippen LogP contribution in [0.4, 0.5) is 0 Å². The van der Waals surface area contributed by atoms with Crippen molar-refractivity contribution in [3.8, 4) is 0 Å². The summed E-state index contributed by atoms with van der Waals surface area (Å²) in [6, 6.07) is 0. The second-order valence-corrected chi connectivity index (χ2v) is 7.31. The molecule has 0 radical (unpaired) electrons. The number of fused-ring (bicyclic) bond motifs is 1. The molecule has 3 saturated heterocycles. The van der Waals surface area contributed by atoms with Crippen LogP contribution in [0, 0.1) is 5.92 Å². The van der Waals surface area contributed by atoms with Crippen molar-refractivity contribution in [2.45, 2.75) is 36.1 Å². The number of hydrogen-bond donors (Lipinski definition) is 0. The van der Waals surface area contributed by atoms with Gasteiger partial charge in [0.25, 0.3) is 0 Å². The molecule has 5 atom stereocenters. The van der Waals surface area contributed by atoms with E-state index in [1.54, 1.807) is 0 Å². The van der Waals surface area contributed by atoms with Gasteiger partial charge in [0.2, 0.25) is 0 Å². The molecule has 6 nitrogen and oxygen atoms in total. The van der Waals surface area contributed by atoms with Gasteiger partial charge in [-0.05, 0) is 13.3 Å². The van der Waals surface area contributed by atoms with Gasteiger partial charge in [-0.2, -0.15) is 0 Å². The molecule has 3 fully saturated rings. The lowest BCUT2D eigenvalue weighted by Gasteiger charge is -2.22. The zero-order chi connectivity index (χ0) is 13.2. The minimum atomic E-state index is -3.43. The molecule has 3 heterocycles. The lowest BCUT2D eigenvalue weighted by molar-refractivity contribution is -0.156. The Bertz CT molecular complexity index is 562. The van der Waals surface area contributed by atoms with E-state index in [4.69, 9.17) is 9.47 Å². The van der Waals surface area contributed by atoms with Gasteiger partial charge in [-0.25, -0.2) is 13.2 Å². The molecule has 3 aliphatic rings. The maximum Gasteiger partial charge on any atom is 0.333 e. The zero-order valence-corrected chi connectivity index (χ0v) is 10.5. The van der Waals surface area contributed by atoms with E-state index in [1.807, 2.05) is 0 Å². The summed E-state index contributed by atoms with van der Waals surface area (Å²) in [5.74, 6) is -1.73. The third-order valence-corrected chi connectivity index (χ3v) is 6.50. The molecule has 0 saturated carbocycles. The van der Waals surface area contributed by atoms with Gasteiger partial charge in [0.1, 0.15) is 10.5 Å². The third kappa shape index (κ3) is 1.25. The highest BCUT2D eigenvalue weighted by atomic mass is 32.2. The van der Waals surface area contributed by atoms with Crippen LogP contribution in [0.3, 0.4) is 0 Å². The minimum Gasteiger partial charge on any atom is -0.457 e. The standard InChI is InChI=1S/C11H12O6S/c1-4(2)10(12)16-7-6-3-5-9(18(6,14)15)8(7)17-11(5)13/h5-9H,1,3H2,2H3. The van der Waals surface area contributed by atoms with Gasteiger partial charge < -0.3 is 9.47 Å². The van der Waals surface area contributed by atoms with Crippen LogP contribution in [0.1, 0.15) is 13.3 Å². The van der Waals surface area contributed by atoms with Crippen LogP contribution in [0.15, 0.2) is 12.2 Å². The Morgan fingerprint density at radius 3 is 2.78 bits per heavy atom. The Hall–Kier alpha value is -1.37. The number of sulfone groups is 1. The van der Waals surface area contributed by atoms with Crippen LogP contribution >= 0.6 is 0 Å². The van der Waals surface area contributed by atoms with E-state index >= 15 is 0 Å². The minimum absolute atomic E-state index is 0.191. The molecule has 0 aromatic heterocycles. The van der Waals surface area contributed by atoms with E-state index in [0.29, 0.717) is 0 Å². The van der Waals surface area contributed by atoms with Crippen LogP contribution in [-0.4, -0.2) is 43.1 Å². The summed E-state index contributed by atoms with van der Waals surface area (Å²) in [6.07, 6.45) is -1.53. The summed E-state index contributed by atoms with van der Waals surface area (Å²) < 4.78 is 34.3. The van der Waals surface area contributed by atoms with Crippen LogP contribution < -0.4 is 0 Å². The summed E-state index contributed by atoms with van der Waals surface area (Å²) in [6.45, 7) is 4.92. The Kier molecular flexibility index (Phi) is 2.17. The van der Waals surface area contributed by atoms with Crippen molar-refractivity contribution in [3.63, 3.8) is 0 Å². The Morgan fingerprint density at radius 1 is 1.50 bits per heavy atom. The predicted octanol–water partition coefficient (Wildman–Crippen LogP) is -0.415. The first-order valence-electron chi connectivity index (χ1n) is 5.63. The highest BCUT2D eigenvalue weighted by molar-refractivity contribution is 7.93. The van der Waals surface area contributed by atoms with Crippen LogP contribution in [-0.2, 0) is 28.9 Å². The summed E-state index contributed by atoms with van der Waals surface area (Å²) in [5, 5.41) is -1.65.